The molecule has 0 amide bonds. The second kappa shape index (κ2) is 7.21. The molecule has 0 heterocycles. The van der Waals surface area contributed by atoms with Crippen molar-refractivity contribution in [1.29, 1.82) is 0 Å². The summed E-state index contributed by atoms with van der Waals surface area (Å²) in [6, 6.07) is 9.38. The number of nitro benzene ring substituents is 1. The lowest BCUT2D eigenvalue weighted by Gasteiger charge is -2.23. The molecule has 0 saturated heterocycles. The van der Waals surface area contributed by atoms with Gasteiger partial charge in [-0.1, -0.05) is 41.4 Å². The Morgan fingerprint density at radius 3 is 2.29 bits per heavy atom. The first kappa shape index (κ1) is 18.3. The van der Waals surface area contributed by atoms with E-state index in [1.807, 2.05) is 0 Å². The van der Waals surface area contributed by atoms with Crippen LogP contribution in [0, 0.1) is 10.1 Å². The molecule has 0 fully saturated rings. The van der Waals surface area contributed by atoms with Crippen LogP contribution in [0.25, 0.3) is 0 Å². The highest BCUT2D eigenvalue weighted by atomic mass is 35.5. The molecule has 0 aliphatic carbocycles. The Morgan fingerprint density at radius 2 is 1.75 bits per heavy atom. The van der Waals surface area contributed by atoms with Gasteiger partial charge in [-0.2, -0.15) is 0 Å². The molecule has 0 aliphatic rings. The summed E-state index contributed by atoms with van der Waals surface area (Å²) in [4.78, 5) is 9.98. The van der Waals surface area contributed by atoms with E-state index in [-0.39, 0.29) is 22.3 Å². The maximum absolute atomic E-state index is 13.0. The monoisotopic (exact) mass is 386 g/mol. The summed E-state index contributed by atoms with van der Waals surface area (Å²) in [6.45, 7) is 3.42. The highest BCUT2D eigenvalue weighted by molar-refractivity contribution is 7.93. The van der Waals surface area contributed by atoms with Crippen molar-refractivity contribution in [2.45, 2.75) is 4.90 Å². The summed E-state index contributed by atoms with van der Waals surface area (Å²) in [5, 5.41) is 11.6. The van der Waals surface area contributed by atoms with Gasteiger partial charge in [0.05, 0.1) is 17.2 Å². The minimum absolute atomic E-state index is 0.106. The smallest absolute Gasteiger partial charge is 0.262 e. The molecule has 2 rings (SSSR count). The molecule has 0 bridgehead atoms. The van der Waals surface area contributed by atoms with Crippen LogP contribution in [0.1, 0.15) is 0 Å². The van der Waals surface area contributed by atoms with Gasteiger partial charge in [-0.3, -0.25) is 14.4 Å². The van der Waals surface area contributed by atoms with E-state index in [1.54, 1.807) is 0 Å². The fourth-order valence-electron chi connectivity index (χ4n) is 2.09. The Labute approximate surface area is 149 Å². The first-order valence-electron chi connectivity index (χ1n) is 6.60. The average Bonchev–Trinajstić information content (AvgIpc) is 2.51. The molecule has 6 nitrogen and oxygen atoms in total. The van der Waals surface area contributed by atoms with Crippen molar-refractivity contribution in [2.75, 3.05) is 10.8 Å². The third-order valence-electron chi connectivity index (χ3n) is 3.06. The van der Waals surface area contributed by atoms with Crippen LogP contribution in [-0.2, 0) is 10.0 Å². The maximum Gasteiger partial charge on any atom is 0.289 e. The number of hydrogen-bond acceptors (Lipinski definition) is 4. The quantitative estimate of drug-likeness (QED) is 0.421. The van der Waals surface area contributed by atoms with Gasteiger partial charge in [0, 0.05) is 16.1 Å². The maximum atomic E-state index is 13.0. The molecule has 2 aromatic carbocycles. The number of benzene rings is 2. The van der Waals surface area contributed by atoms with E-state index >= 15 is 0 Å². The van der Waals surface area contributed by atoms with Crippen molar-refractivity contribution in [3.8, 4) is 0 Å². The Morgan fingerprint density at radius 1 is 1.17 bits per heavy atom. The first-order valence-corrected chi connectivity index (χ1v) is 8.80. The van der Waals surface area contributed by atoms with Crippen molar-refractivity contribution in [3.63, 3.8) is 0 Å². The third-order valence-corrected chi connectivity index (χ3v) is 5.34. The molecular weight excluding hydrogens is 375 g/mol. The van der Waals surface area contributed by atoms with Crippen molar-refractivity contribution < 1.29 is 13.3 Å². The summed E-state index contributed by atoms with van der Waals surface area (Å²) in [5.74, 6) is 0. The molecule has 24 heavy (non-hydrogen) atoms. The van der Waals surface area contributed by atoms with Gasteiger partial charge in [0.1, 0.15) is 0 Å². The Hall–Kier alpha value is -2.09. The Kier molecular flexibility index (Phi) is 5.48. The molecule has 126 valence electrons. The average molecular weight is 387 g/mol. The lowest BCUT2D eigenvalue weighted by molar-refractivity contribution is -0.387. The van der Waals surface area contributed by atoms with Crippen LogP contribution < -0.4 is 4.31 Å². The zero-order valence-electron chi connectivity index (χ0n) is 12.2. The van der Waals surface area contributed by atoms with Gasteiger partial charge in [-0.05, 0) is 24.3 Å². The van der Waals surface area contributed by atoms with Gasteiger partial charge in [-0.15, -0.1) is 6.58 Å². The molecule has 0 atom stereocenters. The molecule has 0 N–H and O–H groups in total. The minimum atomic E-state index is -4.22. The van der Waals surface area contributed by atoms with Gasteiger partial charge < -0.3 is 0 Å². The topological polar surface area (TPSA) is 80.5 Å². The molecule has 0 aromatic heterocycles. The van der Waals surface area contributed by atoms with Crippen LogP contribution in [0.3, 0.4) is 0 Å². The highest BCUT2D eigenvalue weighted by Crippen LogP contribution is 2.32. The van der Waals surface area contributed by atoms with Gasteiger partial charge in [0.2, 0.25) is 0 Å². The van der Waals surface area contributed by atoms with E-state index in [9.17, 15) is 18.5 Å². The third kappa shape index (κ3) is 3.69. The zero-order valence-corrected chi connectivity index (χ0v) is 14.6. The van der Waals surface area contributed by atoms with E-state index in [0.29, 0.717) is 0 Å². The number of anilines is 1. The van der Waals surface area contributed by atoms with Crippen LogP contribution in [0.2, 0.25) is 10.0 Å². The number of halogens is 2. The van der Waals surface area contributed by atoms with Gasteiger partial charge in [0.25, 0.3) is 15.7 Å². The number of nitrogens with zero attached hydrogens (tertiary/aromatic N) is 2. The fraction of sp³-hybridized carbons (Fsp3) is 0.0667. The van der Waals surface area contributed by atoms with Crippen molar-refractivity contribution in [1.82, 2.24) is 0 Å². The molecular formula is C15H12Cl2N2O4S. The molecule has 0 saturated carbocycles. The van der Waals surface area contributed by atoms with Gasteiger partial charge >= 0.3 is 0 Å². The van der Waals surface area contributed by atoms with E-state index < -0.39 is 25.5 Å². The van der Waals surface area contributed by atoms with Crippen LogP contribution in [0.5, 0.6) is 0 Å². The lowest BCUT2D eigenvalue weighted by atomic mass is 10.3. The Bertz CT molecular complexity index is 880. The minimum Gasteiger partial charge on any atom is -0.262 e. The van der Waals surface area contributed by atoms with E-state index in [4.69, 9.17) is 23.2 Å². The van der Waals surface area contributed by atoms with Crippen LogP contribution in [0.15, 0.2) is 60.0 Å². The largest absolute Gasteiger partial charge is 0.289 e. The molecule has 2 aromatic rings. The van der Waals surface area contributed by atoms with Crippen LogP contribution in [0.4, 0.5) is 11.4 Å². The fourth-order valence-corrected chi connectivity index (χ4v) is 4.18. The first-order chi connectivity index (χ1) is 11.3. The predicted octanol–water partition coefficient (Wildman–Crippen LogP) is 4.28. The molecule has 0 spiro atoms. The second-order valence-electron chi connectivity index (χ2n) is 4.68. The summed E-state index contributed by atoms with van der Waals surface area (Å²) in [6.07, 6.45) is 1.36. The standard InChI is InChI=1S/C15H12Cl2N2O4S/c1-2-7-18(13-9-11(16)8-12(17)10-13)24(22,23)15-6-4-3-5-14(15)19(20)21/h2-6,8-10H,1,7H2. The number of para-hydroxylation sites is 1. The van der Waals surface area contributed by atoms with Gasteiger partial charge in [-0.25, -0.2) is 8.42 Å². The molecule has 0 radical (unpaired) electrons. The number of sulfonamides is 1. The lowest BCUT2D eigenvalue weighted by Crippen LogP contribution is -2.31. The molecule has 0 aliphatic heterocycles. The summed E-state index contributed by atoms with van der Waals surface area (Å²) in [7, 11) is -4.22. The summed E-state index contributed by atoms with van der Waals surface area (Å²) < 4.78 is 26.9. The Balaban J connectivity index is 2.66. The van der Waals surface area contributed by atoms with E-state index in [1.165, 1.54) is 42.5 Å². The van der Waals surface area contributed by atoms with E-state index in [0.717, 1.165) is 10.4 Å². The normalized spacial score (nSPS) is 11.1. The predicted molar refractivity (Wildman–Crippen MR) is 94.3 cm³/mol. The van der Waals surface area contributed by atoms with Crippen molar-refractivity contribution >= 4 is 44.6 Å². The summed E-state index contributed by atoms with van der Waals surface area (Å²) >= 11 is 11.9. The summed E-state index contributed by atoms with van der Waals surface area (Å²) in [5.41, 5.74) is -0.328. The zero-order chi connectivity index (χ0) is 17.9. The van der Waals surface area contributed by atoms with Crippen LogP contribution >= 0.6 is 23.2 Å². The second-order valence-corrected chi connectivity index (χ2v) is 7.38. The number of nitro groups is 1. The van der Waals surface area contributed by atoms with Crippen molar-refractivity contribution in [2.24, 2.45) is 0 Å². The molecule has 0 unspecified atom stereocenters. The molecule has 9 heteroatoms. The highest BCUT2D eigenvalue weighted by Gasteiger charge is 2.31. The van der Waals surface area contributed by atoms with Crippen LogP contribution in [-0.4, -0.2) is 19.9 Å². The van der Waals surface area contributed by atoms with Crippen molar-refractivity contribution in [3.05, 3.63) is 75.3 Å². The number of rotatable bonds is 6. The van der Waals surface area contributed by atoms with E-state index in [2.05, 4.69) is 6.58 Å². The van der Waals surface area contributed by atoms with Gasteiger partial charge in [0.15, 0.2) is 4.90 Å². The SMILES string of the molecule is C=CCN(c1cc(Cl)cc(Cl)c1)S(=O)(=O)c1ccccc1[N+](=O)[O-]. The number of hydrogen-bond donors (Lipinski definition) is 0.